The van der Waals surface area contributed by atoms with Gasteiger partial charge in [0, 0.05) is 24.6 Å². The summed E-state index contributed by atoms with van der Waals surface area (Å²) in [5.41, 5.74) is 0.459. The molecule has 2 aromatic rings. The third-order valence-corrected chi connectivity index (χ3v) is 5.58. The fourth-order valence-electron chi connectivity index (χ4n) is 2.30. The lowest BCUT2D eigenvalue weighted by molar-refractivity contribution is -0.133. The highest BCUT2D eigenvalue weighted by molar-refractivity contribution is 7.89. The molecule has 0 bridgehead atoms. The Morgan fingerprint density at radius 2 is 1.86 bits per heavy atom. The average molecular weight is 420 g/mol. The van der Waals surface area contributed by atoms with Crippen LogP contribution in [0.1, 0.15) is 5.56 Å². The van der Waals surface area contributed by atoms with Crippen molar-refractivity contribution in [2.75, 3.05) is 18.5 Å². The van der Waals surface area contributed by atoms with Gasteiger partial charge in [-0.25, -0.2) is 18.0 Å². The van der Waals surface area contributed by atoms with Crippen molar-refractivity contribution >= 4 is 27.7 Å². The van der Waals surface area contributed by atoms with Gasteiger partial charge in [-0.1, -0.05) is 12.6 Å². The third kappa shape index (κ3) is 5.77. The number of carbonyl (C=O) groups is 2. The number of rotatable bonds is 9. The Bertz CT molecular complexity index is 977. The number of aliphatic hydroxyl groups is 1. The fourth-order valence-corrected chi connectivity index (χ4v) is 3.72. The maximum Gasteiger partial charge on any atom is 0.352 e. The van der Waals surface area contributed by atoms with E-state index in [2.05, 4.69) is 22.2 Å². The van der Waals surface area contributed by atoms with E-state index in [1.165, 1.54) is 24.3 Å². The molecule has 4 N–H and O–H groups in total. The Balaban J connectivity index is 2.07. The van der Waals surface area contributed by atoms with Crippen molar-refractivity contribution in [1.29, 1.82) is 0 Å². The number of amides is 2. The highest BCUT2D eigenvalue weighted by Gasteiger charge is 2.28. The van der Waals surface area contributed by atoms with Crippen molar-refractivity contribution in [2.45, 2.75) is 11.4 Å². The number of aliphatic carboxylic acids is 1. The number of hydrogen-bond acceptors (Lipinski definition) is 6. The number of carbonyl (C=O) groups excluding carboxylic acids is 1. The van der Waals surface area contributed by atoms with Gasteiger partial charge in [0.2, 0.25) is 0 Å². The summed E-state index contributed by atoms with van der Waals surface area (Å²) in [6, 6.07) is 8.19. The summed E-state index contributed by atoms with van der Waals surface area (Å²) >= 11 is 0. The number of sulfonamides is 1. The van der Waals surface area contributed by atoms with Crippen LogP contribution in [0, 0.1) is 0 Å². The molecule has 0 saturated carbocycles. The molecule has 2 amide bonds. The highest BCUT2D eigenvalue weighted by Crippen LogP contribution is 2.21. The molecule has 0 aliphatic heterocycles. The first-order valence-corrected chi connectivity index (χ1v) is 9.79. The van der Waals surface area contributed by atoms with E-state index < -0.39 is 40.9 Å². The van der Waals surface area contributed by atoms with E-state index in [4.69, 9.17) is 10.2 Å². The van der Waals surface area contributed by atoms with Gasteiger partial charge in [0.15, 0.2) is 0 Å². The Hall–Kier alpha value is -3.44. The maximum absolute atomic E-state index is 12.6. The molecule has 0 aliphatic carbocycles. The number of anilines is 1. The van der Waals surface area contributed by atoms with Crippen LogP contribution in [0.5, 0.6) is 0 Å². The van der Waals surface area contributed by atoms with Gasteiger partial charge in [0.25, 0.3) is 10.0 Å². The number of benzene rings is 1. The minimum absolute atomic E-state index is 0.213. The van der Waals surface area contributed by atoms with Gasteiger partial charge in [-0.05, 0) is 35.9 Å². The van der Waals surface area contributed by atoms with Crippen LogP contribution in [0.4, 0.5) is 10.5 Å². The number of urea groups is 1. The average Bonchev–Trinajstić information content (AvgIpc) is 2.71. The third-order valence-electron chi connectivity index (χ3n) is 3.73. The second kappa shape index (κ2) is 9.66. The molecule has 11 heteroatoms. The minimum Gasteiger partial charge on any atom is -0.477 e. The lowest BCUT2D eigenvalue weighted by Gasteiger charge is -2.23. The SMILES string of the molecule is C=C(C(=O)O)N(CCO)S(=O)(=O)c1ccc(NC(=O)NCc2cccnc2)cc1. The summed E-state index contributed by atoms with van der Waals surface area (Å²) in [6.45, 7) is 2.46. The number of aromatic nitrogens is 1. The number of carboxylic acids is 1. The van der Waals surface area contributed by atoms with E-state index in [0.29, 0.717) is 9.99 Å². The molecule has 1 aromatic carbocycles. The quantitative estimate of drug-likeness (QED) is 0.442. The van der Waals surface area contributed by atoms with Crippen LogP contribution < -0.4 is 10.6 Å². The minimum atomic E-state index is -4.24. The Morgan fingerprint density at radius 3 is 2.41 bits per heavy atom. The summed E-state index contributed by atoms with van der Waals surface area (Å²) in [5, 5.41) is 23.3. The van der Waals surface area contributed by atoms with Crippen molar-refractivity contribution in [3.8, 4) is 0 Å². The zero-order valence-corrected chi connectivity index (χ0v) is 16.1. The van der Waals surface area contributed by atoms with E-state index in [9.17, 15) is 18.0 Å². The van der Waals surface area contributed by atoms with Gasteiger partial charge in [-0.2, -0.15) is 0 Å². The fraction of sp³-hybridized carbons (Fsp3) is 0.167. The lowest BCUT2D eigenvalue weighted by atomic mass is 10.3. The predicted molar refractivity (Wildman–Crippen MR) is 104 cm³/mol. The summed E-state index contributed by atoms with van der Waals surface area (Å²) in [6.07, 6.45) is 3.23. The van der Waals surface area contributed by atoms with E-state index in [1.807, 2.05) is 0 Å². The molecular formula is C18H20N4O6S. The molecule has 1 aromatic heterocycles. The van der Waals surface area contributed by atoms with Crippen LogP contribution >= 0.6 is 0 Å². The number of carboxylic acid groups (broad SMARTS) is 1. The van der Waals surface area contributed by atoms with Gasteiger partial charge in [0.05, 0.1) is 18.0 Å². The van der Waals surface area contributed by atoms with E-state index in [-0.39, 0.29) is 11.4 Å². The van der Waals surface area contributed by atoms with Crippen LogP contribution in [-0.2, 0) is 21.4 Å². The Labute approximate surface area is 167 Å². The van der Waals surface area contributed by atoms with E-state index >= 15 is 0 Å². The van der Waals surface area contributed by atoms with Crippen molar-refractivity contribution in [2.24, 2.45) is 0 Å². The van der Waals surface area contributed by atoms with Crippen molar-refractivity contribution in [3.05, 3.63) is 66.6 Å². The smallest absolute Gasteiger partial charge is 0.352 e. The van der Waals surface area contributed by atoms with Crippen LogP contribution in [0.15, 0.2) is 66.0 Å². The molecule has 10 nitrogen and oxygen atoms in total. The van der Waals surface area contributed by atoms with E-state index in [1.54, 1.807) is 24.5 Å². The highest BCUT2D eigenvalue weighted by atomic mass is 32.2. The molecule has 1 heterocycles. The first kappa shape index (κ1) is 21.9. The Kier molecular flexibility index (Phi) is 7.28. The molecule has 0 spiro atoms. The first-order valence-electron chi connectivity index (χ1n) is 8.35. The summed E-state index contributed by atoms with van der Waals surface area (Å²) in [4.78, 5) is 26.8. The van der Waals surface area contributed by atoms with Crippen molar-refractivity contribution in [1.82, 2.24) is 14.6 Å². The Morgan fingerprint density at radius 1 is 1.17 bits per heavy atom. The second-order valence-electron chi connectivity index (χ2n) is 5.75. The van der Waals surface area contributed by atoms with Crippen LogP contribution in [0.2, 0.25) is 0 Å². The van der Waals surface area contributed by atoms with Crippen LogP contribution in [-0.4, -0.2) is 53.1 Å². The zero-order valence-electron chi connectivity index (χ0n) is 15.3. The molecule has 0 radical (unpaired) electrons. The lowest BCUT2D eigenvalue weighted by Crippen LogP contribution is -2.35. The van der Waals surface area contributed by atoms with Crippen LogP contribution in [0.3, 0.4) is 0 Å². The summed E-state index contributed by atoms with van der Waals surface area (Å²) in [5.74, 6) is -1.52. The monoisotopic (exact) mass is 420 g/mol. The number of pyridine rings is 1. The first-order chi connectivity index (χ1) is 13.8. The van der Waals surface area contributed by atoms with E-state index in [0.717, 1.165) is 5.56 Å². The molecule has 0 atom stereocenters. The number of nitrogens with one attached hydrogen (secondary N) is 2. The molecule has 0 fully saturated rings. The normalized spacial score (nSPS) is 10.8. The maximum atomic E-state index is 12.6. The molecule has 0 aliphatic rings. The number of hydrogen-bond donors (Lipinski definition) is 4. The topological polar surface area (TPSA) is 149 Å². The van der Waals surface area contributed by atoms with Gasteiger partial charge in [0.1, 0.15) is 5.70 Å². The zero-order chi connectivity index (χ0) is 21.4. The summed E-state index contributed by atoms with van der Waals surface area (Å²) in [7, 11) is -4.24. The summed E-state index contributed by atoms with van der Waals surface area (Å²) < 4.78 is 25.8. The predicted octanol–water partition coefficient (Wildman–Crippen LogP) is 0.985. The van der Waals surface area contributed by atoms with Crippen molar-refractivity contribution < 1.29 is 28.2 Å². The standard InChI is InChI=1S/C18H20N4O6S/c1-13(17(24)25)22(9-10-23)29(27,28)16-6-4-15(5-7-16)21-18(26)20-12-14-3-2-8-19-11-14/h2-8,11,23H,1,9-10,12H2,(H,24,25)(H2,20,21,26). The number of aliphatic hydroxyl groups excluding tert-OH is 1. The molecule has 2 rings (SSSR count). The molecule has 29 heavy (non-hydrogen) atoms. The van der Waals surface area contributed by atoms with Gasteiger partial charge in [-0.3, -0.25) is 9.29 Å². The van der Waals surface area contributed by atoms with Crippen LogP contribution in [0.25, 0.3) is 0 Å². The van der Waals surface area contributed by atoms with Crippen molar-refractivity contribution in [3.63, 3.8) is 0 Å². The number of nitrogens with zero attached hydrogens (tertiary/aromatic N) is 2. The molecule has 0 saturated heterocycles. The van der Waals surface area contributed by atoms with Gasteiger partial charge >= 0.3 is 12.0 Å². The van der Waals surface area contributed by atoms with Gasteiger partial charge < -0.3 is 20.8 Å². The second-order valence-corrected chi connectivity index (χ2v) is 7.61. The van der Waals surface area contributed by atoms with Gasteiger partial charge in [-0.15, -0.1) is 0 Å². The largest absolute Gasteiger partial charge is 0.477 e. The molecule has 154 valence electrons. The molecular weight excluding hydrogens is 400 g/mol. The molecule has 0 unspecified atom stereocenters.